The Morgan fingerprint density at radius 1 is 0.420 bits per heavy atom. The molecule has 0 radical (unpaired) electrons. The van der Waals surface area contributed by atoms with Gasteiger partial charge in [0.05, 0.1) is 38.6 Å². The molecule has 0 aromatic rings. The van der Waals surface area contributed by atoms with Crippen molar-refractivity contribution in [1.82, 2.24) is 5.32 Å². The van der Waals surface area contributed by atoms with Gasteiger partial charge in [0.25, 0.3) is 0 Å². The zero-order chi connectivity index (χ0) is 64.0. The largest absolute Gasteiger partial charge is 0.394 e. The molecule has 0 bridgehead atoms. The molecule has 1 amide bonds. The lowest BCUT2D eigenvalue weighted by Gasteiger charge is -2.48. The Kier molecular flexibility index (Phi) is 45.8. The number of aliphatic hydroxyl groups is 11. The summed E-state index contributed by atoms with van der Waals surface area (Å²) in [4.78, 5) is 13.3. The molecule has 17 atom stereocenters. The highest BCUT2D eigenvalue weighted by Crippen LogP contribution is 2.33. The molecule has 0 aliphatic carbocycles. The first kappa shape index (κ1) is 79.5. The summed E-state index contributed by atoms with van der Waals surface area (Å²) >= 11 is 0. The third kappa shape index (κ3) is 32.7. The minimum atomic E-state index is -1.99. The second-order valence-electron chi connectivity index (χ2n) is 24.2. The Hall–Kier alpha value is -2.77. The number of rotatable bonds is 51. The van der Waals surface area contributed by atoms with Gasteiger partial charge in [-0.25, -0.2) is 0 Å². The van der Waals surface area contributed by atoms with Crippen LogP contribution in [-0.2, 0) is 33.2 Å². The van der Waals surface area contributed by atoms with E-state index in [0.717, 1.165) is 38.5 Å². The quantitative estimate of drug-likeness (QED) is 0.0200. The minimum absolute atomic E-state index is 0.111. The van der Waals surface area contributed by atoms with Gasteiger partial charge in [0.1, 0.15) is 73.2 Å². The molecule has 19 nitrogen and oxygen atoms in total. The van der Waals surface area contributed by atoms with E-state index in [0.29, 0.717) is 19.3 Å². The number of carbonyl (C=O) groups excluding carboxylic acids is 1. The fourth-order valence-electron chi connectivity index (χ4n) is 11.2. The summed E-state index contributed by atoms with van der Waals surface area (Å²) < 4.78 is 34.2. The summed E-state index contributed by atoms with van der Waals surface area (Å²) in [5.41, 5.74) is 0. The molecule has 3 rings (SSSR count). The average Bonchev–Trinajstić information content (AvgIpc) is 1.80. The van der Waals surface area contributed by atoms with E-state index in [1.807, 2.05) is 18.2 Å². The van der Waals surface area contributed by atoms with Crippen LogP contribution in [0.1, 0.15) is 226 Å². The van der Waals surface area contributed by atoms with Gasteiger partial charge in [-0.3, -0.25) is 4.79 Å². The Morgan fingerprint density at radius 2 is 0.795 bits per heavy atom. The van der Waals surface area contributed by atoms with Crippen LogP contribution in [-0.4, -0.2) is 193 Å². The Balaban J connectivity index is 1.42. The van der Waals surface area contributed by atoms with Gasteiger partial charge >= 0.3 is 0 Å². The van der Waals surface area contributed by atoms with Gasteiger partial charge in [0.2, 0.25) is 5.91 Å². The topological polar surface area (TPSA) is 307 Å². The van der Waals surface area contributed by atoms with Gasteiger partial charge in [-0.05, 0) is 57.8 Å². The van der Waals surface area contributed by atoms with E-state index in [1.54, 1.807) is 6.08 Å². The van der Waals surface area contributed by atoms with Crippen LogP contribution in [0.4, 0.5) is 0 Å². The number of hydrogen-bond donors (Lipinski definition) is 12. The predicted octanol–water partition coefficient (Wildman–Crippen LogP) is 8.55. The molecule has 0 spiro atoms. The van der Waals surface area contributed by atoms with E-state index in [-0.39, 0.29) is 12.3 Å². The number of unbranched alkanes of at least 4 members (excludes halogenated alkanes) is 25. The molecule has 0 aromatic carbocycles. The third-order valence-corrected chi connectivity index (χ3v) is 16.8. The first-order chi connectivity index (χ1) is 42.8. The highest BCUT2D eigenvalue weighted by atomic mass is 16.8. The van der Waals surface area contributed by atoms with Crippen LogP contribution in [0.25, 0.3) is 0 Å². The smallest absolute Gasteiger partial charge is 0.220 e. The molecule has 3 fully saturated rings. The van der Waals surface area contributed by atoms with Crippen molar-refractivity contribution in [3.8, 4) is 0 Å². The fraction of sp³-hybridized carbons (Fsp3) is 0.812. The SMILES string of the molecule is CC/C=C\C/C=C\C/C=C\C/C=C\CCC(=O)NC(COC1OC(CO)C(OC2OC(CO)C(OC3OC(CO)C(O)C(O)C3O)C(O)C2O)C(O)C1O)C(O)/C=C/CC/C=C/CCCCCCCCCCCCCCCCCCCCCCCCCC. The van der Waals surface area contributed by atoms with E-state index in [2.05, 4.69) is 67.8 Å². The van der Waals surface area contributed by atoms with Gasteiger partial charge in [0.15, 0.2) is 18.9 Å². The number of hydrogen-bond acceptors (Lipinski definition) is 18. The highest BCUT2D eigenvalue weighted by Gasteiger charge is 2.53. The number of carbonyl (C=O) groups is 1. The molecule has 19 heteroatoms. The van der Waals surface area contributed by atoms with Crippen LogP contribution in [0, 0.1) is 0 Å². The zero-order valence-corrected chi connectivity index (χ0v) is 53.7. The van der Waals surface area contributed by atoms with Crippen molar-refractivity contribution in [2.45, 2.75) is 330 Å². The van der Waals surface area contributed by atoms with E-state index >= 15 is 0 Å². The lowest BCUT2D eigenvalue weighted by Crippen LogP contribution is -2.66. The standard InChI is InChI=1S/C69H121NO18/c1-3-5-7-9-11-13-15-17-18-19-20-21-22-23-24-25-26-27-28-29-30-31-32-33-35-36-38-40-42-44-46-53(74)52(70-57(75)47-45-43-41-39-37-34-16-14-12-10-8-6-4-2)51-83-67-63(81)60(78)65(55(49-72)85-67)88-69-64(82)61(79)66(56(50-73)86-69)87-68-62(80)59(77)58(76)54(48-71)84-68/h6,8,12,14,34,36-38,41,43-44,46,52-56,58-69,71-74,76-82H,3-5,7,9-11,13,15-33,35,39-40,42,45,47-51H2,1-2H3,(H,70,75)/b8-6-,14-12-,37-34-,38-36+,43-41-,46-44+. The molecule has 3 aliphatic heterocycles. The van der Waals surface area contributed by atoms with E-state index in [4.69, 9.17) is 28.4 Å². The lowest BCUT2D eigenvalue weighted by atomic mass is 9.96. The van der Waals surface area contributed by atoms with Gasteiger partial charge < -0.3 is 89.9 Å². The first-order valence-corrected chi connectivity index (χ1v) is 34.2. The maximum absolute atomic E-state index is 13.3. The van der Waals surface area contributed by atoms with Crippen molar-refractivity contribution < 1.29 is 89.4 Å². The number of ether oxygens (including phenoxy) is 6. The molecule has 0 aromatic heterocycles. The van der Waals surface area contributed by atoms with E-state index in [9.17, 15) is 61.0 Å². The first-order valence-electron chi connectivity index (χ1n) is 34.2. The lowest BCUT2D eigenvalue weighted by molar-refractivity contribution is -0.379. The van der Waals surface area contributed by atoms with Gasteiger partial charge in [-0.15, -0.1) is 0 Å². The molecule has 12 N–H and O–H groups in total. The van der Waals surface area contributed by atoms with Crippen molar-refractivity contribution in [3.05, 3.63) is 72.9 Å². The predicted molar refractivity (Wildman–Crippen MR) is 341 cm³/mol. The molecule has 3 saturated heterocycles. The summed E-state index contributed by atoms with van der Waals surface area (Å²) in [6, 6.07) is -1.03. The normalized spacial score (nSPS) is 28.9. The van der Waals surface area contributed by atoms with Crippen molar-refractivity contribution in [3.63, 3.8) is 0 Å². The summed E-state index contributed by atoms with van der Waals surface area (Å²) in [6.07, 6.45) is 36.5. The number of allylic oxidation sites excluding steroid dienone is 11. The molecule has 0 saturated carbocycles. The van der Waals surface area contributed by atoms with Crippen molar-refractivity contribution in [2.24, 2.45) is 0 Å². The van der Waals surface area contributed by atoms with Gasteiger partial charge in [-0.2, -0.15) is 0 Å². The summed E-state index contributed by atoms with van der Waals surface area (Å²) in [5, 5.41) is 120. The maximum atomic E-state index is 13.3. The molecule has 17 unspecified atom stereocenters. The Morgan fingerprint density at radius 3 is 1.26 bits per heavy atom. The van der Waals surface area contributed by atoms with Crippen LogP contribution in [0.2, 0.25) is 0 Å². The summed E-state index contributed by atoms with van der Waals surface area (Å²) in [6.45, 7) is 1.54. The minimum Gasteiger partial charge on any atom is -0.394 e. The number of aliphatic hydroxyl groups excluding tert-OH is 11. The van der Waals surface area contributed by atoms with Crippen LogP contribution >= 0.6 is 0 Å². The molecule has 510 valence electrons. The third-order valence-electron chi connectivity index (χ3n) is 16.8. The van der Waals surface area contributed by atoms with Crippen LogP contribution < -0.4 is 5.32 Å². The average molecular weight is 1250 g/mol. The molecule has 3 aliphatic rings. The summed E-state index contributed by atoms with van der Waals surface area (Å²) in [5.74, 6) is -0.366. The molecule has 3 heterocycles. The molecule has 88 heavy (non-hydrogen) atoms. The molecular formula is C69H121NO18. The monoisotopic (exact) mass is 1250 g/mol. The zero-order valence-electron chi connectivity index (χ0n) is 53.7. The Labute approximate surface area is 528 Å². The van der Waals surface area contributed by atoms with Gasteiger partial charge in [0, 0.05) is 6.42 Å². The second kappa shape index (κ2) is 50.7. The van der Waals surface area contributed by atoms with Gasteiger partial charge in [-0.1, -0.05) is 234 Å². The number of amides is 1. The van der Waals surface area contributed by atoms with Crippen LogP contribution in [0.3, 0.4) is 0 Å². The number of nitrogens with one attached hydrogen (secondary N) is 1. The van der Waals surface area contributed by atoms with E-state index in [1.165, 1.54) is 148 Å². The fourth-order valence-corrected chi connectivity index (χ4v) is 11.2. The van der Waals surface area contributed by atoms with Crippen molar-refractivity contribution in [1.29, 1.82) is 0 Å². The van der Waals surface area contributed by atoms with Crippen LogP contribution in [0.5, 0.6) is 0 Å². The molecular weight excluding hydrogens is 1130 g/mol. The Bertz CT molecular complexity index is 1880. The van der Waals surface area contributed by atoms with Crippen molar-refractivity contribution in [2.75, 3.05) is 26.4 Å². The van der Waals surface area contributed by atoms with Crippen molar-refractivity contribution >= 4 is 5.91 Å². The second-order valence-corrected chi connectivity index (χ2v) is 24.2. The highest BCUT2D eigenvalue weighted by molar-refractivity contribution is 5.76. The maximum Gasteiger partial charge on any atom is 0.220 e. The summed E-state index contributed by atoms with van der Waals surface area (Å²) in [7, 11) is 0. The van der Waals surface area contributed by atoms with Crippen LogP contribution in [0.15, 0.2) is 72.9 Å². The van der Waals surface area contributed by atoms with E-state index < -0.39 is 131 Å².